The summed E-state index contributed by atoms with van der Waals surface area (Å²) in [6.45, 7) is 3.41. The van der Waals surface area contributed by atoms with Crippen LogP contribution in [-0.4, -0.2) is 30.4 Å². The van der Waals surface area contributed by atoms with Crippen LogP contribution in [0.15, 0.2) is 48.5 Å². The van der Waals surface area contributed by atoms with Gasteiger partial charge in [-0.3, -0.25) is 4.79 Å². The summed E-state index contributed by atoms with van der Waals surface area (Å²) < 4.78 is 26.6. The summed E-state index contributed by atoms with van der Waals surface area (Å²) in [4.78, 5) is 14.6. The van der Waals surface area contributed by atoms with E-state index in [4.69, 9.17) is 5.73 Å². The van der Waals surface area contributed by atoms with E-state index < -0.39 is 17.6 Å². The fraction of sp³-hybridized carbons (Fsp3) is 0.350. The van der Waals surface area contributed by atoms with Crippen LogP contribution < -0.4 is 5.73 Å². The van der Waals surface area contributed by atoms with Gasteiger partial charge in [-0.05, 0) is 42.6 Å². The standard InChI is InChI=1S/C20H22F2N2O.ClH/c1-13(15-7-8-18(21)19(22)9-15)20(25)24-11-16(10-23)17(12-24)14-5-3-2-4-6-14;/h2-9,13,16-17H,10-12,23H2,1H3;1H/t13?,16-,17+;/m1./s1. The molecule has 26 heavy (non-hydrogen) atoms. The molecular formula is C20H23ClF2N2O. The van der Waals surface area contributed by atoms with Crippen LogP contribution in [0.1, 0.15) is 29.9 Å². The average molecular weight is 381 g/mol. The predicted molar refractivity (Wildman–Crippen MR) is 100 cm³/mol. The predicted octanol–water partition coefficient (Wildman–Crippen LogP) is 3.69. The molecule has 0 radical (unpaired) electrons. The van der Waals surface area contributed by atoms with E-state index in [1.54, 1.807) is 11.8 Å². The molecule has 2 aromatic carbocycles. The number of nitrogens with two attached hydrogens (primary N) is 1. The highest BCUT2D eigenvalue weighted by Crippen LogP contribution is 2.34. The second-order valence-corrected chi connectivity index (χ2v) is 6.65. The Kier molecular flexibility index (Phi) is 6.73. The molecule has 0 aromatic heterocycles. The lowest BCUT2D eigenvalue weighted by molar-refractivity contribution is -0.131. The molecule has 1 aliphatic rings. The van der Waals surface area contributed by atoms with E-state index in [9.17, 15) is 13.6 Å². The maximum Gasteiger partial charge on any atom is 0.229 e. The van der Waals surface area contributed by atoms with E-state index in [0.717, 1.165) is 12.1 Å². The van der Waals surface area contributed by atoms with E-state index in [1.165, 1.54) is 11.6 Å². The molecule has 3 rings (SSSR count). The van der Waals surface area contributed by atoms with Crippen molar-refractivity contribution in [3.63, 3.8) is 0 Å². The molecule has 3 atom stereocenters. The first-order valence-electron chi connectivity index (χ1n) is 8.50. The monoisotopic (exact) mass is 380 g/mol. The summed E-state index contributed by atoms with van der Waals surface area (Å²) in [6.07, 6.45) is 0. The van der Waals surface area contributed by atoms with Crippen molar-refractivity contribution in [1.82, 2.24) is 4.90 Å². The van der Waals surface area contributed by atoms with Gasteiger partial charge in [0.15, 0.2) is 11.6 Å². The number of halogens is 3. The molecule has 1 fully saturated rings. The molecule has 2 aromatic rings. The molecule has 1 amide bonds. The first kappa shape index (κ1) is 20.3. The van der Waals surface area contributed by atoms with Crippen molar-refractivity contribution in [3.8, 4) is 0 Å². The number of nitrogens with zero attached hydrogens (tertiary/aromatic N) is 1. The van der Waals surface area contributed by atoms with Crippen molar-refractivity contribution in [1.29, 1.82) is 0 Å². The zero-order valence-corrected chi connectivity index (χ0v) is 15.4. The van der Waals surface area contributed by atoms with Crippen LogP contribution in [0.3, 0.4) is 0 Å². The fourth-order valence-corrected chi connectivity index (χ4v) is 3.57. The molecule has 6 heteroatoms. The number of rotatable bonds is 4. The zero-order valence-electron chi connectivity index (χ0n) is 14.6. The Hall–Kier alpha value is -1.98. The zero-order chi connectivity index (χ0) is 18.0. The summed E-state index contributed by atoms with van der Waals surface area (Å²) in [6, 6.07) is 13.7. The van der Waals surface area contributed by atoms with E-state index in [-0.39, 0.29) is 30.2 Å². The number of carbonyl (C=O) groups is 1. The summed E-state index contributed by atoms with van der Waals surface area (Å²) in [7, 11) is 0. The van der Waals surface area contributed by atoms with Gasteiger partial charge in [0.2, 0.25) is 5.91 Å². The van der Waals surface area contributed by atoms with Crippen LogP contribution in [0.4, 0.5) is 8.78 Å². The molecule has 3 nitrogen and oxygen atoms in total. The molecule has 1 saturated heterocycles. The van der Waals surface area contributed by atoms with Gasteiger partial charge in [-0.2, -0.15) is 0 Å². The lowest BCUT2D eigenvalue weighted by Crippen LogP contribution is -2.33. The van der Waals surface area contributed by atoms with Gasteiger partial charge in [-0.25, -0.2) is 8.78 Å². The average Bonchev–Trinajstić information content (AvgIpc) is 3.08. The number of benzene rings is 2. The SMILES string of the molecule is CC(C(=O)N1C[C@@H](CN)[C@H](c2ccccc2)C1)c1ccc(F)c(F)c1.Cl. The number of hydrogen-bond donors (Lipinski definition) is 1. The van der Waals surface area contributed by atoms with E-state index >= 15 is 0 Å². The number of likely N-dealkylation sites (tertiary alicyclic amines) is 1. The summed E-state index contributed by atoms with van der Waals surface area (Å²) in [5.41, 5.74) is 7.58. The van der Waals surface area contributed by atoms with Crippen molar-refractivity contribution >= 4 is 18.3 Å². The van der Waals surface area contributed by atoms with Crippen LogP contribution in [0.5, 0.6) is 0 Å². The summed E-state index contributed by atoms with van der Waals surface area (Å²) in [5, 5.41) is 0. The lowest BCUT2D eigenvalue weighted by Gasteiger charge is -2.21. The van der Waals surface area contributed by atoms with Crippen LogP contribution in [0.25, 0.3) is 0 Å². The maximum absolute atomic E-state index is 13.5. The van der Waals surface area contributed by atoms with Gasteiger partial charge in [-0.1, -0.05) is 36.4 Å². The Morgan fingerprint density at radius 3 is 2.46 bits per heavy atom. The van der Waals surface area contributed by atoms with Crippen LogP contribution >= 0.6 is 12.4 Å². The van der Waals surface area contributed by atoms with Crippen molar-refractivity contribution in [2.45, 2.75) is 18.8 Å². The third kappa shape index (κ3) is 4.05. The Labute approximate surface area is 158 Å². The number of carbonyl (C=O) groups excluding carboxylic acids is 1. The van der Waals surface area contributed by atoms with Gasteiger partial charge in [0.1, 0.15) is 0 Å². The highest BCUT2D eigenvalue weighted by molar-refractivity contribution is 5.85. The van der Waals surface area contributed by atoms with Crippen molar-refractivity contribution in [3.05, 3.63) is 71.3 Å². The molecule has 1 aliphatic heterocycles. The third-order valence-electron chi connectivity index (χ3n) is 5.10. The normalized spacial score (nSPS) is 20.5. The Morgan fingerprint density at radius 2 is 1.85 bits per heavy atom. The Bertz CT molecular complexity index is 757. The van der Waals surface area contributed by atoms with Crippen molar-refractivity contribution < 1.29 is 13.6 Å². The maximum atomic E-state index is 13.5. The van der Waals surface area contributed by atoms with Gasteiger partial charge in [0.25, 0.3) is 0 Å². The smallest absolute Gasteiger partial charge is 0.229 e. The molecule has 1 heterocycles. The third-order valence-corrected chi connectivity index (χ3v) is 5.10. The van der Waals surface area contributed by atoms with E-state index in [0.29, 0.717) is 25.2 Å². The number of hydrogen-bond acceptors (Lipinski definition) is 2. The second-order valence-electron chi connectivity index (χ2n) is 6.65. The fourth-order valence-electron chi connectivity index (χ4n) is 3.57. The van der Waals surface area contributed by atoms with Gasteiger partial charge in [-0.15, -0.1) is 12.4 Å². The minimum absolute atomic E-state index is 0. The van der Waals surface area contributed by atoms with Gasteiger partial charge in [0, 0.05) is 19.0 Å². The Morgan fingerprint density at radius 1 is 1.15 bits per heavy atom. The molecule has 140 valence electrons. The second kappa shape index (κ2) is 8.60. The van der Waals surface area contributed by atoms with E-state index in [2.05, 4.69) is 12.1 Å². The highest BCUT2D eigenvalue weighted by atomic mass is 35.5. The molecule has 2 N–H and O–H groups in total. The molecule has 0 aliphatic carbocycles. The lowest BCUT2D eigenvalue weighted by atomic mass is 9.89. The molecule has 1 unspecified atom stereocenters. The minimum Gasteiger partial charge on any atom is -0.341 e. The quantitative estimate of drug-likeness (QED) is 0.879. The molecule has 0 spiro atoms. The van der Waals surface area contributed by atoms with Gasteiger partial charge in [0.05, 0.1) is 5.92 Å². The first-order valence-corrected chi connectivity index (χ1v) is 8.50. The topological polar surface area (TPSA) is 46.3 Å². The molecule has 0 saturated carbocycles. The van der Waals surface area contributed by atoms with Crippen molar-refractivity contribution in [2.75, 3.05) is 19.6 Å². The van der Waals surface area contributed by atoms with Gasteiger partial charge < -0.3 is 10.6 Å². The van der Waals surface area contributed by atoms with Gasteiger partial charge >= 0.3 is 0 Å². The molecular weight excluding hydrogens is 358 g/mol. The summed E-state index contributed by atoms with van der Waals surface area (Å²) >= 11 is 0. The minimum atomic E-state index is -0.930. The largest absolute Gasteiger partial charge is 0.341 e. The van der Waals surface area contributed by atoms with Crippen LogP contribution in [0, 0.1) is 17.6 Å². The van der Waals surface area contributed by atoms with E-state index in [1.807, 2.05) is 18.2 Å². The van der Waals surface area contributed by atoms with Crippen LogP contribution in [-0.2, 0) is 4.79 Å². The summed E-state index contributed by atoms with van der Waals surface area (Å²) in [5.74, 6) is -2.04. The first-order chi connectivity index (χ1) is 12.0. The van der Waals surface area contributed by atoms with Crippen molar-refractivity contribution in [2.24, 2.45) is 11.7 Å². The molecule has 0 bridgehead atoms. The Balaban J connectivity index is 0.00000243. The van der Waals surface area contributed by atoms with Crippen LogP contribution in [0.2, 0.25) is 0 Å². The highest BCUT2D eigenvalue weighted by Gasteiger charge is 2.36. The number of amides is 1.